The van der Waals surface area contributed by atoms with Crippen molar-refractivity contribution in [3.8, 4) is 5.69 Å². The highest BCUT2D eigenvalue weighted by Crippen LogP contribution is 2.14. The van der Waals surface area contributed by atoms with Gasteiger partial charge in [0.1, 0.15) is 0 Å². The standard InChI is InChI=1S/C15H16N3.ClHO4/c1-10-6-11(2)18(12(3)7-10)14-5-4-13-9-16-17-15(13)8-14;2-1(3,4)5/h4-9H,1-3H3,(H,16,17);(H,2,3,4,5)/q+1;/p-1. The molecule has 0 fully saturated rings. The largest absolute Gasteiger partial charge is 0.278 e. The van der Waals surface area contributed by atoms with E-state index in [1.54, 1.807) is 0 Å². The number of hydrogen-bond acceptors (Lipinski definition) is 5. The van der Waals surface area contributed by atoms with Crippen LogP contribution in [0.5, 0.6) is 0 Å². The summed E-state index contributed by atoms with van der Waals surface area (Å²) in [6, 6.07) is 10.8. The monoisotopic (exact) mass is 337 g/mol. The van der Waals surface area contributed by atoms with Crippen LogP contribution in [0.4, 0.5) is 0 Å². The molecule has 0 atom stereocenters. The molecule has 122 valence electrons. The number of benzene rings is 1. The maximum atomic E-state index is 8.49. The number of aromatic nitrogens is 3. The van der Waals surface area contributed by atoms with Gasteiger partial charge in [-0.05, 0) is 18.6 Å². The number of aryl methyl sites for hydroxylation is 3. The van der Waals surface area contributed by atoms with Gasteiger partial charge in [0.2, 0.25) is 5.69 Å². The Bertz CT molecular complexity index is 798. The summed E-state index contributed by atoms with van der Waals surface area (Å²) < 4.78 is 36.2. The Balaban J connectivity index is 0.000000338. The number of nitrogens with one attached hydrogen (secondary N) is 1. The molecule has 0 aliphatic rings. The lowest BCUT2D eigenvalue weighted by molar-refractivity contribution is -2.00. The lowest BCUT2D eigenvalue weighted by Gasteiger charge is -2.17. The highest BCUT2D eigenvalue weighted by atomic mass is 35.7. The van der Waals surface area contributed by atoms with Crippen molar-refractivity contribution in [2.75, 3.05) is 0 Å². The molecule has 7 nitrogen and oxygen atoms in total. The van der Waals surface area contributed by atoms with Crippen molar-refractivity contribution in [1.29, 1.82) is 0 Å². The highest BCUT2D eigenvalue weighted by molar-refractivity contribution is 5.79. The minimum atomic E-state index is -4.94. The minimum absolute atomic E-state index is 1.07. The van der Waals surface area contributed by atoms with E-state index in [0.717, 1.165) is 10.9 Å². The maximum absolute atomic E-state index is 8.49. The van der Waals surface area contributed by atoms with Gasteiger partial charge in [-0.15, -0.1) is 10.2 Å². The van der Waals surface area contributed by atoms with Crippen LogP contribution in [0.15, 0.2) is 36.5 Å². The van der Waals surface area contributed by atoms with Gasteiger partial charge in [-0.25, -0.2) is 18.6 Å². The van der Waals surface area contributed by atoms with E-state index in [4.69, 9.17) is 18.6 Å². The Morgan fingerprint density at radius 1 is 0.957 bits per heavy atom. The van der Waals surface area contributed by atoms with Gasteiger partial charge >= 0.3 is 0 Å². The van der Waals surface area contributed by atoms with Gasteiger partial charge in [0, 0.05) is 43.5 Å². The van der Waals surface area contributed by atoms with Gasteiger partial charge < -0.3 is 0 Å². The molecule has 0 bridgehead atoms. The molecule has 0 spiro atoms. The zero-order valence-corrected chi connectivity index (χ0v) is 13.6. The average Bonchev–Trinajstić information content (AvgIpc) is 2.82. The van der Waals surface area contributed by atoms with Gasteiger partial charge in [0.25, 0.3) is 0 Å². The number of rotatable bonds is 1. The van der Waals surface area contributed by atoms with Crippen molar-refractivity contribution in [2.24, 2.45) is 0 Å². The number of pyridine rings is 1. The van der Waals surface area contributed by atoms with E-state index in [2.05, 4.69) is 65.9 Å². The molecule has 2 heterocycles. The molecule has 8 heteroatoms. The fourth-order valence-electron chi connectivity index (χ4n) is 2.58. The number of aromatic amines is 1. The van der Waals surface area contributed by atoms with E-state index >= 15 is 0 Å². The molecule has 0 aliphatic carbocycles. The zero-order chi connectivity index (χ0) is 17.2. The lowest BCUT2D eigenvalue weighted by atomic mass is 10.1. The van der Waals surface area contributed by atoms with E-state index in [1.165, 1.54) is 22.6 Å². The third kappa shape index (κ3) is 4.72. The quantitative estimate of drug-likeness (QED) is 0.515. The summed E-state index contributed by atoms with van der Waals surface area (Å²) >= 11 is 0. The number of nitrogens with zero attached hydrogens (tertiary/aromatic N) is 2. The van der Waals surface area contributed by atoms with Crippen LogP contribution in [0.1, 0.15) is 17.0 Å². The molecule has 0 amide bonds. The first kappa shape index (κ1) is 17.3. The predicted molar refractivity (Wildman–Crippen MR) is 71.8 cm³/mol. The maximum Gasteiger partial charge on any atom is 0.213 e. The Hall–Kier alpha value is -2.03. The van der Waals surface area contributed by atoms with Crippen LogP contribution >= 0.6 is 0 Å². The number of H-pyrrole nitrogens is 1. The fraction of sp³-hybridized carbons (Fsp3) is 0.200. The topological polar surface area (TPSA) is 125 Å². The first-order valence-corrected chi connectivity index (χ1v) is 7.94. The summed E-state index contributed by atoms with van der Waals surface area (Å²) in [5.74, 6) is 0. The van der Waals surface area contributed by atoms with Crippen molar-refractivity contribution >= 4 is 10.9 Å². The first-order chi connectivity index (χ1) is 10.6. The fourth-order valence-corrected chi connectivity index (χ4v) is 2.58. The molecule has 1 aromatic carbocycles. The number of hydrogen-bond donors (Lipinski definition) is 1. The van der Waals surface area contributed by atoms with E-state index in [-0.39, 0.29) is 0 Å². The van der Waals surface area contributed by atoms with E-state index < -0.39 is 10.2 Å². The van der Waals surface area contributed by atoms with Gasteiger partial charge in [-0.1, -0.05) is 0 Å². The van der Waals surface area contributed by atoms with Crippen molar-refractivity contribution in [3.05, 3.63) is 53.5 Å². The zero-order valence-electron chi connectivity index (χ0n) is 12.9. The second-order valence-electron chi connectivity index (χ2n) is 5.17. The summed E-state index contributed by atoms with van der Waals surface area (Å²) in [6.45, 7) is 6.40. The lowest BCUT2D eigenvalue weighted by Crippen LogP contribution is -2.68. The van der Waals surface area contributed by atoms with Crippen LogP contribution < -0.4 is 23.2 Å². The van der Waals surface area contributed by atoms with Crippen molar-refractivity contribution in [1.82, 2.24) is 10.2 Å². The average molecular weight is 338 g/mol. The van der Waals surface area contributed by atoms with Gasteiger partial charge in [0.15, 0.2) is 11.4 Å². The van der Waals surface area contributed by atoms with Crippen molar-refractivity contribution < 1.29 is 33.4 Å². The summed E-state index contributed by atoms with van der Waals surface area (Å²) in [4.78, 5) is 0. The normalized spacial score (nSPS) is 11.3. The molecule has 2 aromatic heterocycles. The number of fused-ring (bicyclic) bond motifs is 1. The molecule has 0 unspecified atom stereocenters. The van der Waals surface area contributed by atoms with Crippen LogP contribution in [0.2, 0.25) is 0 Å². The third-order valence-electron chi connectivity index (χ3n) is 3.26. The minimum Gasteiger partial charge on any atom is -0.278 e. The summed E-state index contributed by atoms with van der Waals surface area (Å²) in [6.07, 6.45) is 1.85. The smallest absolute Gasteiger partial charge is 0.213 e. The molecule has 3 aromatic rings. The van der Waals surface area contributed by atoms with Crippen LogP contribution in [-0.4, -0.2) is 10.2 Å². The highest BCUT2D eigenvalue weighted by Gasteiger charge is 2.15. The van der Waals surface area contributed by atoms with Crippen molar-refractivity contribution in [3.63, 3.8) is 0 Å². The van der Waals surface area contributed by atoms with Crippen LogP contribution in [-0.2, 0) is 0 Å². The van der Waals surface area contributed by atoms with E-state index in [1.807, 2.05) is 6.20 Å². The van der Waals surface area contributed by atoms with Crippen LogP contribution in [0.3, 0.4) is 0 Å². The molecular formula is C15H16ClN3O4. The Morgan fingerprint density at radius 3 is 2.09 bits per heavy atom. The third-order valence-corrected chi connectivity index (χ3v) is 3.26. The van der Waals surface area contributed by atoms with Gasteiger partial charge in [-0.3, -0.25) is 5.10 Å². The molecule has 0 saturated carbocycles. The first-order valence-electron chi connectivity index (χ1n) is 6.70. The van der Waals surface area contributed by atoms with Gasteiger partial charge in [-0.2, -0.15) is 9.67 Å². The summed E-state index contributed by atoms with van der Waals surface area (Å²) in [5.41, 5.74) is 6.02. The van der Waals surface area contributed by atoms with Gasteiger partial charge in [0.05, 0.1) is 11.7 Å². The Kier molecular flexibility index (Phi) is 4.98. The molecule has 23 heavy (non-hydrogen) atoms. The second-order valence-corrected chi connectivity index (χ2v) is 5.93. The molecule has 3 rings (SSSR count). The van der Waals surface area contributed by atoms with E-state index in [9.17, 15) is 0 Å². The van der Waals surface area contributed by atoms with E-state index in [0.29, 0.717) is 0 Å². The summed E-state index contributed by atoms with van der Waals surface area (Å²) in [5, 5.41) is 8.22. The molecule has 0 radical (unpaired) electrons. The SMILES string of the molecule is Cc1cc(C)[n+](-c2ccc3cn[nH]c3c2)c(C)c1.[O-][Cl+3]([O-])([O-])[O-]. The molecule has 1 N–H and O–H groups in total. The van der Waals surface area contributed by atoms with Crippen molar-refractivity contribution in [2.45, 2.75) is 20.8 Å². The molecular weight excluding hydrogens is 322 g/mol. The Morgan fingerprint density at radius 2 is 1.52 bits per heavy atom. The second kappa shape index (κ2) is 6.61. The van der Waals surface area contributed by atoms with Crippen LogP contribution in [0, 0.1) is 31.0 Å². The Labute approximate surface area is 135 Å². The number of halogens is 1. The molecule has 0 aliphatic heterocycles. The predicted octanol–water partition coefficient (Wildman–Crippen LogP) is -1.99. The molecule has 0 saturated heterocycles. The van der Waals surface area contributed by atoms with Crippen LogP contribution in [0.25, 0.3) is 16.6 Å². The summed E-state index contributed by atoms with van der Waals surface area (Å²) in [7, 11) is -4.94.